The first-order valence-electron chi connectivity index (χ1n) is 9.56. The number of aromatic nitrogens is 3. The van der Waals surface area contributed by atoms with Gasteiger partial charge in [0.25, 0.3) is 0 Å². The van der Waals surface area contributed by atoms with Gasteiger partial charge in [-0.1, -0.05) is 54.5 Å². The van der Waals surface area contributed by atoms with Gasteiger partial charge in [-0.05, 0) is 66.7 Å². The van der Waals surface area contributed by atoms with Gasteiger partial charge >= 0.3 is 6.01 Å². The third kappa shape index (κ3) is 4.47. The second kappa shape index (κ2) is 9.10. The summed E-state index contributed by atoms with van der Waals surface area (Å²) in [6.45, 7) is 2.09. The minimum absolute atomic E-state index is 0.0552. The van der Waals surface area contributed by atoms with Crippen LogP contribution in [0.5, 0.6) is 11.8 Å². The number of rotatable bonds is 6. The van der Waals surface area contributed by atoms with E-state index in [2.05, 4.69) is 90.4 Å². The summed E-state index contributed by atoms with van der Waals surface area (Å²) in [7, 11) is 0. The van der Waals surface area contributed by atoms with Crippen molar-refractivity contribution in [2.24, 2.45) is 0 Å². The first kappa shape index (κ1) is 20.8. The highest BCUT2D eigenvalue weighted by Crippen LogP contribution is 2.36. The highest BCUT2D eigenvalue weighted by molar-refractivity contribution is 9.11. The minimum atomic E-state index is -0.0552. The lowest BCUT2D eigenvalue weighted by atomic mass is 9.99. The summed E-state index contributed by atoms with van der Waals surface area (Å²) < 4.78 is 7.16. The van der Waals surface area contributed by atoms with Crippen molar-refractivity contribution in [3.05, 3.63) is 75.3 Å². The lowest BCUT2D eigenvalue weighted by Gasteiger charge is -2.17. The highest BCUT2D eigenvalue weighted by atomic mass is 79.9. The van der Waals surface area contributed by atoms with Crippen LogP contribution in [-0.4, -0.2) is 26.4 Å². The Balaban J connectivity index is 1.52. The van der Waals surface area contributed by atoms with E-state index in [1.54, 1.807) is 18.3 Å². The average Bonchev–Trinajstić information content (AvgIpc) is 2.77. The van der Waals surface area contributed by atoms with Crippen LogP contribution in [-0.2, 0) is 6.42 Å². The molecule has 0 aliphatic carbocycles. The molecule has 0 saturated heterocycles. The molecule has 30 heavy (non-hydrogen) atoms. The molecule has 0 spiro atoms. The maximum absolute atomic E-state index is 9.87. The van der Waals surface area contributed by atoms with Crippen LogP contribution >= 0.6 is 31.9 Å². The Labute approximate surface area is 191 Å². The topological polar surface area (TPSA) is 68.1 Å². The Kier molecular flexibility index (Phi) is 6.29. The summed E-state index contributed by atoms with van der Waals surface area (Å²) >= 11 is 6.65. The standard InChI is InChI=1S/C23H19Br2N3O2/c1-2-17(10-15-8-5-7-14-6-3-4-9-18(14)15)30-23-26-13-21(27-28-23)16-11-19(24)22(29)20(25)12-16/h3-9,11-13,17,29H,2,10H2,1H3. The maximum atomic E-state index is 9.87. The number of aromatic hydroxyl groups is 1. The van der Waals surface area contributed by atoms with Gasteiger partial charge in [-0.25, -0.2) is 4.98 Å². The van der Waals surface area contributed by atoms with Gasteiger partial charge in [-0.15, -0.1) is 5.10 Å². The van der Waals surface area contributed by atoms with Gasteiger partial charge in [0.05, 0.1) is 15.1 Å². The average molecular weight is 529 g/mol. The summed E-state index contributed by atoms with van der Waals surface area (Å²) in [5, 5.41) is 20.7. The molecule has 0 bridgehead atoms. The van der Waals surface area contributed by atoms with Crippen molar-refractivity contribution in [3.63, 3.8) is 0 Å². The van der Waals surface area contributed by atoms with E-state index in [4.69, 9.17) is 4.74 Å². The van der Waals surface area contributed by atoms with Crippen LogP contribution in [0.3, 0.4) is 0 Å². The van der Waals surface area contributed by atoms with Gasteiger partial charge in [-0.3, -0.25) is 0 Å². The molecular weight excluding hydrogens is 510 g/mol. The van der Waals surface area contributed by atoms with E-state index in [1.165, 1.54) is 16.3 Å². The van der Waals surface area contributed by atoms with E-state index in [1.807, 2.05) is 6.07 Å². The number of phenolic OH excluding ortho intramolecular Hbond substituents is 1. The number of hydrogen-bond donors (Lipinski definition) is 1. The predicted octanol–water partition coefficient (Wildman–Crippen LogP) is 6.32. The number of halogens is 2. The fourth-order valence-corrected chi connectivity index (χ4v) is 4.48. The van der Waals surface area contributed by atoms with Crippen molar-refractivity contribution < 1.29 is 9.84 Å². The van der Waals surface area contributed by atoms with Crippen LogP contribution in [0.2, 0.25) is 0 Å². The van der Waals surface area contributed by atoms with Gasteiger partial charge in [0.2, 0.25) is 0 Å². The molecular formula is C23H19Br2N3O2. The van der Waals surface area contributed by atoms with E-state index in [0.717, 1.165) is 18.4 Å². The lowest BCUT2D eigenvalue weighted by molar-refractivity contribution is 0.179. The lowest BCUT2D eigenvalue weighted by Crippen LogP contribution is -2.20. The van der Waals surface area contributed by atoms with Gasteiger partial charge in [0, 0.05) is 12.0 Å². The molecule has 0 radical (unpaired) electrons. The van der Waals surface area contributed by atoms with E-state index in [9.17, 15) is 5.11 Å². The predicted molar refractivity (Wildman–Crippen MR) is 125 cm³/mol. The largest absolute Gasteiger partial charge is 0.506 e. The number of fused-ring (bicyclic) bond motifs is 1. The van der Waals surface area contributed by atoms with Crippen LogP contribution in [0.4, 0.5) is 0 Å². The number of hydrogen-bond acceptors (Lipinski definition) is 5. The summed E-state index contributed by atoms with van der Waals surface area (Å²) in [4.78, 5) is 4.34. The molecule has 3 aromatic carbocycles. The second-order valence-corrected chi connectivity index (χ2v) is 8.61. The van der Waals surface area contributed by atoms with Crippen LogP contribution in [0.25, 0.3) is 22.0 Å². The van der Waals surface area contributed by atoms with Gasteiger partial charge in [-0.2, -0.15) is 0 Å². The summed E-state index contributed by atoms with van der Waals surface area (Å²) in [6, 6.07) is 18.5. The molecule has 0 aliphatic rings. The first-order valence-corrected chi connectivity index (χ1v) is 11.1. The van der Waals surface area contributed by atoms with Gasteiger partial charge in [0.1, 0.15) is 17.5 Å². The number of nitrogens with zero attached hydrogens (tertiary/aromatic N) is 3. The maximum Gasteiger partial charge on any atom is 0.335 e. The highest BCUT2D eigenvalue weighted by Gasteiger charge is 2.14. The Morgan fingerprint density at radius 1 is 1.00 bits per heavy atom. The molecule has 4 rings (SSSR count). The quantitative estimate of drug-likeness (QED) is 0.317. The van der Waals surface area contributed by atoms with Crippen LogP contribution in [0.1, 0.15) is 18.9 Å². The molecule has 5 nitrogen and oxygen atoms in total. The van der Waals surface area contributed by atoms with Crippen molar-refractivity contribution in [1.29, 1.82) is 0 Å². The molecule has 0 saturated carbocycles. The smallest absolute Gasteiger partial charge is 0.335 e. The first-order chi connectivity index (χ1) is 14.5. The van der Waals surface area contributed by atoms with E-state index in [0.29, 0.717) is 14.6 Å². The molecule has 0 fully saturated rings. The normalized spacial score (nSPS) is 12.1. The van der Waals surface area contributed by atoms with Crippen molar-refractivity contribution in [1.82, 2.24) is 15.2 Å². The molecule has 1 unspecified atom stereocenters. The fraction of sp³-hybridized carbons (Fsp3) is 0.174. The molecule has 152 valence electrons. The van der Waals surface area contributed by atoms with E-state index >= 15 is 0 Å². The Hall–Kier alpha value is -2.51. The molecule has 1 heterocycles. The van der Waals surface area contributed by atoms with Crippen molar-refractivity contribution in [2.75, 3.05) is 0 Å². The zero-order valence-electron chi connectivity index (χ0n) is 16.2. The van der Waals surface area contributed by atoms with Crippen LogP contribution in [0, 0.1) is 0 Å². The Bertz CT molecular complexity index is 1150. The monoisotopic (exact) mass is 527 g/mol. The summed E-state index contributed by atoms with van der Waals surface area (Å²) in [5.74, 6) is 0.138. The zero-order chi connectivity index (χ0) is 21.1. The third-order valence-electron chi connectivity index (χ3n) is 4.91. The van der Waals surface area contributed by atoms with Gasteiger partial charge in [0.15, 0.2) is 0 Å². The van der Waals surface area contributed by atoms with Crippen molar-refractivity contribution in [3.8, 4) is 23.0 Å². The van der Waals surface area contributed by atoms with Crippen molar-refractivity contribution in [2.45, 2.75) is 25.9 Å². The van der Waals surface area contributed by atoms with Crippen LogP contribution in [0.15, 0.2) is 69.7 Å². The Morgan fingerprint density at radius 3 is 2.43 bits per heavy atom. The third-order valence-corrected chi connectivity index (χ3v) is 6.12. The zero-order valence-corrected chi connectivity index (χ0v) is 19.4. The minimum Gasteiger partial charge on any atom is -0.506 e. The number of benzene rings is 3. The Morgan fingerprint density at radius 2 is 1.73 bits per heavy atom. The number of ether oxygens (including phenoxy) is 1. The molecule has 7 heteroatoms. The summed E-state index contributed by atoms with van der Waals surface area (Å²) in [5.41, 5.74) is 2.61. The van der Waals surface area contributed by atoms with E-state index in [-0.39, 0.29) is 17.9 Å². The molecule has 0 aliphatic heterocycles. The molecule has 1 N–H and O–H groups in total. The summed E-state index contributed by atoms with van der Waals surface area (Å²) in [6.07, 6.45) is 3.16. The molecule has 0 amide bonds. The SMILES string of the molecule is CCC(Cc1cccc2ccccc12)Oc1ncc(-c2cc(Br)c(O)c(Br)c2)nn1. The van der Waals surface area contributed by atoms with Crippen molar-refractivity contribution >= 4 is 42.6 Å². The fourth-order valence-electron chi connectivity index (χ4n) is 3.30. The van der Waals surface area contributed by atoms with E-state index < -0.39 is 0 Å². The van der Waals surface area contributed by atoms with Gasteiger partial charge < -0.3 is 9.84 Å². The second-order valence-electron chi connectivity index (χ2n) is 6.91. The number of phenols is 1. The molecule has 4 aromatic rings. The van der Waals surface area contributed by atoms with Crippen LogP contribution < -0.4 is 4.74 Å². The molecule has 1 atom stereocenters. The molecule has 1 aromatic heterocycles.